The summed E-state index contributed by atoms with van der Waals surface area (Å²) in [4.78, 5) is 26.1. The van der Waals surface area contributed by atoms with E-state index in [1.54, 1.807) is 12.1 Å². The highest BCUT2D eigenvalue weighted by Gasteiger charge is 2.32. The minimum Gasteiger partial charge on any atom is -0.394 e. The number of nitrogens with one attached hydrogen (secondary N) is 1. The van der Waals surface area contributed by atoms with Gasteiger partial charge in [-0.25, -0.2) is 0 Å². The van der Waals surface area contributed by atoms with Gasteiger partial charge < -0.3 is 10.4 Å². The Morgan fingerprint density at radius 1 is 1.08 bits per heavy atom. The van der Waals surface area contributed by atoms with Gasteiger partial charge in [-0.15, -0.1) is 0 Å². The van der Waals surface area contributed by atoms with Gasteiger partial charge in [-0.3, -0.25) is 14.5 Å². The molecule has 0 saturated carbocycles. The molecule has 0 spiro atoms. The number of aliphatic hydroxyl groups excluding tert-OH is 1. The third kappa shape index (κ3) is 3.61. The molecular weight excluding hydrogens is 316 g/mol. The molecule has 3 rings (SSSR count). The van der Waals surface area contributed by atoms with Crippen LogP contribution in [0.4, 0.5) is 0 Å². The first-order valence-electron chi connectivity index (χ1n) is 8.14. The zero-order valence-electron chi connectivity index (χ0n) is 13.8. The molecule has 0 saturated heterocycles. The summed E-state index contributed by atoms with van der Waals surface area (Å²) >= 11 is 0. The number of benzene rings is 2. The lowest BCUT2D eigenvalue weighted by Gasteiger charge is -2.20. The number of carbonyl (C=O) groups is 2. The van der Waals surface area contributed by atoms with Crippen molar-refractivity contribution in [3.05, 3.63) is 77.9 Å². The smallest absolute Gasteiger partial charge is 0.259 e. The van der Waals surface area contributed by atoms with Crippen molar-refractivity contribution in [2.75, 3.05) is 13.2 Å². The van der Waals surface area contributed by atoms with E-state index in [1.165, 1.54) is 4.90 Å². The fourth-order valence-electron chi connectivity index (χ4n) is 2.98. The Balaban J connectivity index is 1.63. The van der Waals surface area contributed by atoms with E-state index in [0.717, 1.165) is 11.1 Å². The number of aliphatic hydroxyl groups is 1. The molecule has 2 N–H and O–H groups in total. The van der Waals surface area contributed by atoms with Crippen molar-refractivity contribution in [2.24, 2.45) is 0 Å². The summed E-state index contributed by atoms with van der Waals surface area (Å²) in [6, 6.07) is 16.4. The Bertz CT molecular complexity index is 767. The standard InChI is InChI=1S/C20H20N2O3/c1-14-17-9-5-6-10-18(17)20(25)22(14)12-19(24)21-16(13-23)11-15-7-3-2-4-8-15/h2-10,16,23H,1,11-13H2,(H,21,24). The molecular formula is C20H20N2O3. The molecule has 0 fully saturated rings. The maximum Gasteiger partial charge on any atom is 0.259 e. The number of hydrogen-bond donors (Lipinski definition) is 2. The predicted molar refractivity (Wildman–Crippen MR) is 95.7 cm³/mol. The van der Waals surface area contributed by atoms with E-state index in [0.29, 0.717) is 17.7 Å². The quantitative estimate of drug-likeness (QED) is 0.846. The van der Waals surface area contributed by atoms with E-state index in [4.69, 9.17) is 0 Å². The van der Waals surface area contributed by atoms with Crippen LogP contribution in [0.2, 0.25) is 0 Å². The van der Waals surface area contributed by atoms with Gasteiger partial charge in [-0.1, -0.05) is 55.1 Å². The van der Waals surface area contributed by atoms with Gasteiger partial charge in [0.2, 0.25) is 5.91 Å². The predicted octanol–water partition coefficient (Wildman–Crippen LogP) is 1.83. The Morgan fingerprint density at radius 2 is 1.72 bits per heavy atom. The van der Waals surface area contributed by atoms with Crippen LogP contribution in [-0.4, -0.2) is 41.0 Å². The fraction of sp³-hybridized carbons (Fsp3) is 0.200. The third-order valence-corrected chi connectivity index (χ3v) is 4.25. The average Bonchev–Trinajstić information content (AvgIpc) is 2.87. The van der Waals surface area contributed by atoms with Crippen molar-refractivity contribution in [1.29, 1.82) is 0 Å². The highest BCUT2D eigenvalue weighted by Crippen LogP contribution is 2.30. The zero-order valence-corrected chi connectivity index (χ0v) is 13.8. The first kappa shape index (κ1) is 16.9. The van der Waals surface area contributed by atoms with Crippen molar-refractivity contribution < 1.29 is 14.7 Å². The second-order valence-electron chi connectivity index (χ2n) is 6.02. The molecule has 0 aliphatic carbocycles. The lowest BCUT2D eigenvalue weighted by Crippen LogP contribution is -2.44. The Morgan fingerprint density at radius 3 is 2.36 bits per heavy atom. The van der Waals surface area contributed by atoms with Crippen molar-refractivity contribution in [1.82, 2.24) is 10.2 Å². The highest BCUT2D eigenvalue weighted by atomic mass is 16.3. The summed E-state index contributed by atoms with van der Waals surface area (Å²) in [5.74, 6) is -0.545. The van der Waals surface area contributed by atoms with Gasteiger partial charge in [0.05, 0.1) is 12.6 Å². The molecule has 1 aliphatic rings. The van der Waals surface area contributed by atoms with Crippen molar-refractivity contribution in [3.8, 4) is 0 Å². The summed E-state index contributed by atoms with van der Waals surface area (Å²) in [6.45, 7) is 3.64. The normalized spacial score (nSPS) is 14.4. The van der Waals surface area contributed by atoms with Gasteiger partial charge in [0.1, 0.15) is 6.54 Å². The molecule has 2 aromatic rings. The van der Waals surface area contributed by atoms with Gasteiger partial charge in [-0.2, -0.15) is 0 Å². The number of rotatable bonds is 6. The number of amides is 2. The van der Waals surface area contributed by atoms with E-state index in [-0.39, 0.29) is 25.0 Å². The van der Waals surface area contributed by atoms with Crippen molar-refractivity contribution >= 4 is 17.5 Å². The SMILES string of the molecule is C=C1c2ccccc2C(=O)N1CC(=O)NC(CO)Cc1ccccc1. The van der Waals surface area contributed by atoms with E-state index < -0.39 is 6.04 Å². The minimum absolute atomic E-state index is 0.113. The zero-order chi connectivity index (χ0) is 17.8. The third-order valence-electron chi connectivity index (χ3n) is 4.25. The van der Waals surface area contributed by atoms with Crippen LogP contribution in [0.1, 0.15) is 21.5 Å². The topological polar surface area (TPSA) is 69.6 Å². The largest absolute Gasteiger partial charge is 0.394 e. The number of carbonyl (C=O) groups excluding carboxylic acids is 2. The van der Waals surface area contributed by atoms with Crippen LogP contribution >= 0.6 is 0 Å². The van der Waals surface area contributed by atoms with Crippen LogP contribution in [-0.2, 0) is 11.2 Å². The second-order valence-corrected chi connectivity index (χ2v) is 6.02. The number of nitrogens with zero attached hydrogens (tertiary/aromatic N) is 1. The number of hydrogen-bond acceptors (Lipinski definition) is 3. The van der Waals surface area contributed by atoms with E-state index in [2.05, 4.69) is 11.9 Å². The molecule has 1 atom stereocenters. The molecule has 25 heavy (non-hydrogen) atoms. The lowest BCUT2D eigenvalue weighted by molar-refractivity contribution is -0.122. The Hall–Kier alpha value is -2.92. The van der Waals surface area contributed by atoms with Crippen LogP contribution in [0.15, 0.2) is 61.2 Å². The first-order chi connectivity index (χ1) is 12.1. The summed E-state index contributed by atoms with van der Waals surface area (Å²) in [6.07, 6.45) is 0.526. The fourth-order valence-corrected chi connectivity index (χ4v) is 2.98. The molecule has 5 nitrogen and oxygen atoms in total. The maximum absolute atomic E-state index is 12.4. The Kier molecular flexibility index (Phi) is 4.95. The summed E-state index contributed by atoms with van der Waals surface area (Å²) < 4.78 is 0. The highest BCUT2D eigenvalue weighted by molar-refractivity contribution is 6.10. The minimum atomic E-state index is -0.400. The van der Waals surface area contributed by atoms with E-state index in [9.17, 15) is 14.7 Å². The molecule has 2 amide bonds. The molecule has 1 unspecified atom stereocenters. The van der Waals surface area contributed by atoms with Gasteiger partial charge >= 0.3 is 0 Å². The average molecular weight is 336 g/mol. The molecule has 2 aromatic carbocycles. The van der Waals surface area contributed by atoms with Gasteiger partial charge in [0.15, 0.2) is 0 Å². The van der Waals surface area contributed by atoms with Crippen molar-refractivity contribution in [2.45, 2.75) is 12.5 Å². The molecule has 0 bridgehead atoms. The molecule has 1 aliphatic heterocycles. The van der Waals surface area contributed by atoms with Crippen LogP contribution in [0.25, 0.3) is 5.70 Å². The summed E-state index contributed by atoms with van der Waals surface area (Å²) in [5.41, 5.74) is 2.86. The summed E-state index contributed by atoms with van der Waals surface area (Å²) in [5, 5.41) is 12.3. The van der Waals surface area contributed by atoms with Gasteiger partial charge in [0.25, 0.3) is 5.91 Å². The molecule has 0 aromatic heterocycles. The van der Waals surface area contributed by atoms with Crippen LogP contribution in [0.5, 0.6) is 0 Å². The van der Waals surface area contributed by atoms with Crippen LogP contribution < -0.4 is 5.32 Å². The Labute approximate surface area is 146 Å². The second kappa shape index (κ2) is 7.32. The van der Waals surface area contributed by atoms with Crippen molar-refractivity contribution in [3.63, 3.8) is 0 Å². The molecule has 1 heterocycles. The monoisotopic (exact) mass is 336 g/mol. The van der Waals surface area contributed by atoms with Gasteiger partial charge in [-0.05, 0) is 18.1 Å². The first-order valence-corrected chi connectivity index (χ1v) is 8.14. The lowest BCUT2D eigenvalue weighted by atomic mass is 10.1. The van der Waals surface area contributed by atoms with Gasteiger partial charge in [0, 0.05) is 16.8 Å². The molecule has 128 valence electrons. The molecule has 5 heteroatoms. The van der Waals surface area contributed by atoms with E-state index >= 15 is 0 Å². The maximum atomic E-state index is 12.4. The van der Waals surface area contributed by atoms with E-state index in [1.807, 2.05) is 42.5 Å². The summed E-state index contributed by atoms with van der Waals surface area (Å²) in [7, 11) is 0. The van der Waals surface area contributed by atoms with Crippen LogP contribution in [0, 0.1) is 0 Å². The number of fused-ring (bicyclic) bond motifs is 1. The van der Waals surface area contributed by atoms with Crippen LogP contribution in [0.3, 0.4) is 0 Å². The molecule has 0 radical (unpaired) electrons.